The molecule has 32 heavy (non-hydrogen) atoms. The molecule has 1 heterocycles. The molecule has 0 spiro atoms. The average Bonchev–Trinajstić information content (AvgIpc) is 3.29. The van der Waals surface area contributed by atoms with Gasteiger partial charge in [0.25, 0.3) is 11.8 Å². The van der Waals surface area contributed by atoms with Gasteiger partial charge in [-0.25, -0.2) is 9.78 Å². The maximum absolute atomic E-state index is 12.7. The monoisotopic (exact) mass is 515 g/mol. The molecule has 164 valence electrons. The summed E-state index contributed by atoms with van der Waals surface area (Å²) >= 11 is 4.61. The predicted octanol–water partition coefficient (Wildman–Crippen LogP) is 3.49. The number of benzene rings is 2. The van der Waals surface area contributed by atoms with Gasteiger partial charge in [-0.2, -0.15) is 0 Å². The Morgan fingerprint density at radius 3 is 2.66 bits per heavy atom. The molecular weight excluding hydrogens is 498 g/mol. The summed E-state index contributed by atoms with van der Waals surface area (Å²) in [5.41, 5.74) is 1.24. The fourth-order valence-corrected chi connectivity index (χ4v) is 3.79. The molecule has 3 N–H and O–H groups in total. The molecule has 3 aromatic rings. The number of phenols is 1. The van der Waals surface area contributed by atoms with E-state index in [1.165, 1.54) is 42.7 Å². The largest absolute Gasteiger partial charge is 0.508 e. The molecule has 10 heteroatoms. The molecule has 0 fully saturated rings. The Hall–Kier alpha value is -3.50. The van der Waals surface area contributed by atoms with Crippen molar-refractivity contribution < 1.29 is 24.2 Å². The highest BCUT2D eigenvalue weighted by molar-refractivity contribution is 9.10. The number of ether oxygens (including phenoxy) is 1. The number of hydrogen-bond donors (Lipinski definition) is 3. The molecule has 0 atom stereocenters. The minimum Gasteiger partial charge on any atom is -0.508 e. The van der Waals surface area contributed by atoms with Crippen LogP contribution < -0.4 is 10.6 Å². The second-order valence-electron chi connectivity index (χ2n) is 6.42. The first-order valence-electron chi connectivity index (χ1n) is 9.24. The van der Waals surface area contributed by atoms with E-state index in [1.54, 1.807) is 35.8 Å². The van der Waals surface area contributed by atoms with Crippen LogP contribution in [-0.4, -0.2) is 35.0 Å². The molecule has 8 nitrogen and oxygen atoms in total. The second-order valence-corrected chi connectivity index (χ2v) is 8.20. The van der Waals surface area contributed by atoms with Gasteiger partial charge in [0.1, 0.15) is 16.5 Å². The lowest BCUT2D eigenvalue weighted by atomic mass is 10.1. The summed E-state index contributed by atoms with van der Waals surface area (Å²) < 4.78 is 5.10. The van der Waals surface area contributed by atoms with E-state index in [0.717, 1.165) is 5.56 Å². The number of amides is 2. The summed E-state index contributed by atoms with van der Waals surface area (Å²) in [6, 6.07) is 11.1. The third kappa shape index (κ3) is 6.02. The number of aromatic nitrogens is 1. The molecule has 1 aromatic heterocycles. The lowest BCUT2D eigenvalue weighted by Crippen LogP contribution is -2.28. The summed E-state index contributed by atoms with van der Waals surface area (Å²) in [5.74, 6) is -1.51. The summed E-state index contributed by atoms with van der Waals surface area (Å²) in [5, 5.41) is 17.1. The van der Waals surface area contributed by atoms with Crippen molar-refractivity contribution in [1.82, 2.24) is 15.6 Å². The van der Waals surface area contributed by atoms with Crippen molar-refractivity contribution in [2.45, 2.75) is 6.54 Å². The maximum Gasteiger partial charge on any atom is 0.354 e. The number of aromatic hydroxyl groups is 1. The van der Waals surface area contributed by atoms with Gasteiger partial charge in [-0.15, -0.1) is 11.3 Å². The van der Waals surface area contributed by atoms with E-state index < -0.39 is 11.9 Å². The normalized spacial score (nSPS) is 11.0. The molecular formula is C22H18BrN3O5S. The van der Waals surface area contributed by atoms with Crippen molar-refractivity contribution in [2.75, 3.05) is 7.11 Å². The molecule has 0 unspecified atom stereocenters. The number of thiazole rings is 1. The zero-order chi connectivity index (χ0) is 23.1. The van der Waals surface area contributed by atoms with Gasteiger partial charge in [-0.3, -0.25) is 9.59 Å². The highest BCUT2D eigenvalue weighted by Crippen LogP contribution is 2.20. The number of esters is 1. The Morgan fingerprint density at radius 1 is 1.19 bits per heavy atom. The van der Waals surface area contributed by atoms with E-state index in [4.69, 9.17) is 4.74 Å². The van der Waals surface area contributed by atoms with Crippen molar-refractivity contribution in [3.05, 3.63) is 85.9 Å². The lowest BCUT2D eigenvalue weighted by molar-refractivity contribution is -0.136. The number of nitrogens with one attached hydrogen (secondary N) is 2. The van der Waals surface area contributed by atoms with Crippen LogP contribution in [0, 0.1) is 0 Å². The molecule has 3 rings (SSSR count). The molecule has 0 aliphatic heterocycles. The SMILES string of the molecule is COC(=O)C(=Cc1nccs1)NC(=O)c1ccc(C(=O)NCc2cccc(O)c2)cc1Br. The lowest BCUT2D eigenvalue weighted by Gasteiger charge is -2.11. The van der Waals surface area contributed by atoms with Crippen LogP contribution in [0.4, 0.5) is 0 Å². The van der Waals surface area contributed by atoms with Crippen LogP contribution >= 0.6 is 27.3 Å². The topological polar surface area (TPSA) is 118 Å². The van der Waals surface area contributed by atoms with E-state index in [-0.39, 0.29) is 29.5 Å². The van der Waals surface area contributed by atoms with Crippen molar-refractivity contribution in [2.24, 2.45) is 0 Å². The molecule has 0 saturated heterocycles. The third-order valence-electron chi connectivity index (χ3n) is 4.21. The first-order chi connectivity index (χ1) is 15.4. The summed E-state index contributed by atoms with van der Waals surface area (Å²) in [6.07, 6.45) is 3.00. The van der Waals surface area contributed by atoms with Crippen molar-refractivity contribution in [3.8, 4) is 5.75 Å². The number of phenolic OH excluding ortho intramolecular Hbond substituents is 1. The molecule has 0 aliphatic rings. The number of halogens is 1. The standard InChI is InChI=1S/C22H18BrN3O5S/c1-31-22(30)18(11-19-24-7-8-32-19)26-21(29)16-6-5-14(10-17(16)23)20(28)25-12-13-3-2-4-15(27)9-13/h2-11,27H,12H2,1H3,(H,25,28)(H,26,29). The van der Waals surface area contributed by atoms with Crippen molar-refractivity contribution in [1.29, 1.82) is 0 Å². The fourth-order valence-electron chi connectivity index (χ4n) is 2.67. The smallest absolute Gasteiger partial charge is 0.354 e. The summed E-state index contributed by atoms with van der Waals surface area (Å²) in [7, 11) is 1.21. The molecule has 0 bridgehead atoms. The van der Waals surface area contributed by atoms with Crippen LogP contribution in [0.2, 0.25) is 0 Å². The van der Waals surface area contributed by atoms with Gasteiger partial charge in [0, 0.05) is 34.2 Å². The van der Waals surface area contributed by atoms with Gasteiger partial charge in [0.15, 0.2) is 0 Å². The van der Waals surface area contributed by atoms with Gasteiger partial charge >= 0.3 is 5.97 Å². The van der Waals surface area contributed by atoms with E-state index in [9.17, 15) is 19.5 Å². The zero-order valence-corrected chi connectivity index (χ0v) is 19.2. The summed E-state index contributed by atoms with van der Waals surface area (Å²) in [6.45, 7) is 0.233. The Morgan fingerprint density at radius 2 is 2.00 bits per heavy atom. The Bertz CT molecular complexity index is 1180. The predicted molar refractivity (Wildman–Crippen MR) is 123 cm³/mol. The maximum atomic E-state index is 12.7. The van der Waals surface area contributed by atoms with E-state index in [2.05, 4.69) is 31.5 Å². The number of rotatable bonds is 7. The molecule has 2 aromatic carbocycles. The molecule has 0 saturated carbocycles. The van der Waals surface area contributed by atoms with Gasteiger partial charge in [0.2, 0.25) is 0 Å². The Balaban J connectivity index is 1.71. The number of nitrogens with zero attached hydrogens (tertiary/aromatic N) is 1. The van der Waals surface area contributed by atoms with Crippen LogP contribution in [0.5, 0.6) is 5.75 Å². The highest BCUT2D eigenvalue weighted by Gasteiger charge is 2.18. The Kier molecular flexibility index (Phi) is 7.74. The molecule has 0 radical (unpaired) electrons. The Labute approximate surface area is 196 Å². The highest BCUT2D eigenvalue weighted by atomic mass is 79.9. The fraction of sp³-hybridized carbons (Fsp3) is 0.0909. The van der Waals surface area contributed by atoms with Crippen molar-refractivity contribution >= 4 is 51.1 Å². The zero-order valence-electron chi connectivity index (χ0n) is 16.8. The van der Waals surface area contributed by atoms with Crippen LogP contribution in [0.15, 0.2) is 64.2 Å². The van der Waals surface area contributed by atoms with Crippen LogP contribution in [-0.2, 0) is 16.1 Å². The number of carbonyl (C=O) groups is 3. The number of hydrogen-bond acceptors (Lipinski definition) is 7. The second kappa shape index (κ2) is 10.7. The minimum atomic E-state index is -0.715. The average molecular weight is 516 g/mol. The first kappa shape index (κ1) is 23.2. The number of carbonyl (C=O) groups excluding carboxylic acids is 3. The van der Waals surface area contributed by atoms with E-state index in [0.29, 0.717) is 15.0 Å². The van der Waals surface area contributed by atoms with Crippen molar-refractivity contribution in [3.63, 3.8) is 0 Å². The molecule has 2 amide bonds. The first-order valence-corrected chi connectivity index (χ1v) is 10.9. The quantitative estimate of drug-likeness (QED) is 0.327. The van der Waals surface area contributed by atoms with Gasteiger partial charge in [-0.1, -0.05) is 12.1 Å². The van der Waals surface area contributed by atoms with Gasteiger partial charge < -0.3 is 20.5 Å². The third-order valence-corrected chi connectivity index (χ3v) is 5.59. The van der Waals surface area contributed by atoms with Gasteiger partial charge in [0.05, 0.1) is 12.7 Å². The van der Waals surface area contributed by atoms with E-state index in [1.807, 2.05) is 0 Å². The van der Waals surface area contributed by atoms with E-state index >= 15 is 0 Å². The molecule has 0 aliphatic carbocycles. The van der Waals surface area contributed by atoms with Gasteiger partial charge in [-0.05, 0) is 51.8 Å². The summed E-state index contributed by atoms with van der Waals surface area (Å²) in [4.78, 5) is 41.3. The van der Waals surface area contributed by atoms with Crippen LogP contribution in [0.25, 0.3) is 6.08 Å². The van der Waals surface area contributed by atoms with Crippen LogP contribution in [0.1, 0.15) is 31.3 Å². The minimum absolute atomic E-state index is 0.0627. The van der Waals surface area contributed by atoms with Crippen LogP contribution in [0.3, 0.4) is 0 Å². The number of methoxy groups -OCH3 is 1.